The number of carbonyl (C=O) groups is 1. The maximum Gasteiger partial charge on any atom is 0.251 e. The van der Waals surface area contributed by atoms with Crippen LogP contribution in [0.3, 0.4) is 0 Å². The molecular formula is C14H17N5O3S. The Labute approximate surface area is 133 Å². The van der Waals surface area contributed by atoms with Crippen molar-refractivity contribution in [3.63, 3.8) is 0 Å². The molecule has 9 heteroatoms. The van der Waals surface area contributed by atoms with Crippen molar-refractivity contribution in [1.29, 1.82) is 0 Å². The van der Waals surface area contributed by atoms with E-state index in [4.69, 9.17) is 0 Å². The van der Waals surface area contributed by atoms with Crippen molar-refractivity contribution in [3.05, 3.63) is 41.0 Å². The molecule has 122 valence electrons. The molecule has 2 aromatic rings. The second kappa shape index (κ2) is 6.09. The lowest BCUT2D eigenvalue weighted by Gasteiger charge is -2.17. The molecule has 0 spiro atoms. The van der Waals surface area contributed by atoms with E-state index in [0.717, 1.165) is 5.56 Å². The SMILES string of the molecule is Cc1nc(CCNS(=O)(=O)c2ccc3c(c2)C(=O)NCC3)n[nH]1. The van der Waals surface area contributed by atoms with E-state index in [-0.39, 0.29) is 17.3 Å². The van der Waals surface area contributed by atoms with Crippen molar-refractivity contribution in [2.75, 3.05) is 13.1 Å². The molecule has 0 aliphatic carbocycles. The van der Waals surface area contributed by atoms with Gasteiger partial charge in [-0.05, 0) is 31.0 Å². The number of carbonyl (C=O) groups excluding carboxylic acids is 1. The Morgan fingerprint density at radius 2 is 2.17 bits per heavy atom. The lowest BCUT2D eigenvalue weighted by molar-refractivity contribution is 0.0945. The average Bonchev–Trinajstić information content (AvgIpc) is 2.92. The smallest absolute Gasteiger partial charge is 0.251 e. The van der Waals surface area contributed by atoms with Crippen LogP contribution in [-0.2, 0) is 22.9 Å². The van der Waals surface area contributed by atoms with Gasteiger partial charge in [0.2, 0.25) is 10.0 Å². The number of hydrogen-bond donors (Lipinski definition) is 3. The molecule has 0 radical (unpaired) electrons. The Morgan fingerprint density at radius 1 is 1.35 bits per heavy atom. The Bertz CT molecular complexity index is 844. The van der Waals surface area contributed by atoms with Gasteiger partial charge in [0.1, 0.15) is 5.82 Å². The fourth-order valence-electron chi connectivity index (χ4n) is 2.44. The number of fused-ring (bicyclic) bond motifs is 1. The normalized spacial score (nSPS) is 14.4. The lowest BCUT2D eigenvalue weighted by atomic mass is 10.0. The molecule has 1 aromatic carbocycles. The summed E-state index contributed by atoms with van der Waals surface area (Å²) in [7, 11) is -3.68. The molecule has 0 saturated heterocycles. The summed E-state index contributed by atoms with van der Waals surface area (Å²) in [6.07, 6.45) is 1.09. The predicted octanol–water partition coefficient (Wildman–Crippen LogP) is -0.0800. The van der Waals surface area contributed by atoms with Crippen LogP contribution in [-0.4, -0.2) is 42.6 Å². The highest BCUT2D eigenvalue weighted by Crippen LogP contribution is 2.19. The Balaban J connectivity index is 1.72. The third kappa shape index (κ3) is 3.40. The molecule has 2 heterocycles. The highest BCUT2D eigenvalue weighted by molar-refractivity contribution is 7.89. The molecule has 1 amide bonds. The van der Waals surface area contributed by atoms with Crippen LogP contribution in [0.4, 0.5) is 0 Å². The van der Waals surface area contributed by atoms with E-state index in [1.54, 1.807) is 13.0 Å². The summed E-state index contributed by atoms with van der Waals surface area (Å²) in [6, 6.07) is 4.64. The number of aryl methyl sites for hydroxylation is 1. The fraction of sp³-hybridized carbons (Fsp3) is 0.357. The molecule has 23 heavy (non-hydrogen) atoms. The van der Waals surface area contributed by atoms with Crippen molar-refractivity contribution in [2.45, 2.75) is 24.7 Å². The van der Waals surface area contributed by atoms with Gasteiger partial charge < -0.3 is 5.32 Å². The van der Waals surface area contributed by atoms with Gasteiger partial charge in [-0.2, -0.15) is 5.10 Å². The number of aromatic amines is 1. The van der Waals surface area contributed by atoms with Crippen LogP contribution >= 0.6 is 0 Å². The lowest BCUT2D eigenvalue weighted by Crippen LogP contribution is -2.32. The van der Waals surface area contributed by atoms with Crippen LogP contribution in [0, 0.1) is 6.92 Å². The van der Waals surface area contributed by atoms with Gasteiger partial charge in [-0.25, -0.2) is 18.1 Å². The fourth-order valence-corrected chi connectivity index (χ4v) is 3.50. The molecule has 8 nitrogen and oxygen atoms in total. The minimum Gasteiger partial charge on any atom is -0.352 e. The van der Waals surface area contributed by atoms with Crippen LogP contribution in [0.25, 0.3) is 0 Å². The van der Waals surface area contributed by atoms with Crippen molar-refractivity contribution in [2.24, 2.45) is 0 Å². The van der Waals surface area contributed by atoms with E-state index >= 15 is 0 Å². The largest absolute Gasteiger partial charge is 0.352 e. The standard InChI is InChI=1S/C14H17N5O3S/c1-9-17-13(19-18-9)5-7-16-23(21,22)11-3-2-10-4-6-15-14(20)12(10)8-11/h2-3,8,16H,4-7H2,1H3,(H,15,20)(H,17,18,19). The predicted molar refractivity (Wildman–Crippen MR) is 82.5 cm³/mol. The third-order valence-corrected chi connectivity index (χ3v) is 5.06. The van der Waals surface area contributed by atoms with Gasteiger partial charge in [-0.15, -0.1) is 0 Å². The Hall–Kier alpha value is -2.26. The minimum absolute atomic E-state index is 0.0828. The number of aromatic nitrogens is 3. The summed E-state index contributed by atoms with van der Waals surface area (Å²) in [5, 5.41) is 9.37. The topological polar surface area (TPSA) is 117 Å². The molecule has 3 rings (SSSR count). The number of H-pyrrole nitrogens is 1. The van der Waals surface area contributed by atoms with Gasteiger partial charge in [0.25, 0.3) is 5.91 Å². The summed E-state index contributed by atoms with van der Waals surface area (Å²) in [5.41, 5.74) is 1.28. The van der Waals surface area contributed by atoms with Crippen LogP contribution < -0.4 is 10.0 Å². The van der Waals surface area contributed by atoms with Crippen molar-refractivity contribution in [1.82, 2.24) is 25.2 Å². The van der Waals surface area contributed by atoms with Crippen molar-refractivity contribution < 1.29 is 13.2 Å². The van der Waals surface area contributed by atoms with E-state index in [1.807, 2.05) is 0 Å². The minimum atomic E-state index is -3.68. The zero-order valence-corrected chi connectivity index (χ0v) is 13.4. The molecule has 0 fully saturated rings. The summed E-state index contributed by atoms with van der Waals surface area (Å²) in [4.78, 5) is 16.0. The quantitative estimate of drug-likeness (QED) is 0.706. The molecule has 1 aromatic heterocycles. The highest BCUT2D eigenvalue weighted by atomic mass is 32.2. The number of hydrogen-bond acceptors (Lipinski definition) is 5. The van der Waals surface area contributed by atoms with Gasteiger partial charge in [-0.1, -0.05) is 6.07 Å². The van der Waals surface area contributed by atoms with Crippen molar-refractivity contribution in [3.8, 4) is 0 Å². The number of sulfonamides is 1. The molecule has 1 aliphatic heterocycles. The van der Waals surface area contributed by atoms with Gasteiger partial charge >= 0.3 is 0 Å². The van der Waals surface area contributed by atoms with Crippen LogP contribution in [0.1, 0.15) is 27.6 Å². The Kier molecular flexibility index (Phi) is 4.14. The maximum absolute atomic E-state index is 12.3. The number of amides is 1. The first-order valence-corrected chi connectivity index (χ1v) is 8.73. The van der Waals surface area contributed by atoms with E-state index < -0.39 is 10.0 Å². The molecule has 3 N–H and O–H groups in total. The maximum atomic E-state index is 12.3. The number of nitrogens with zero attached hydrogens (tertiary/aromatic N) is 2. The summed E-state index contributed by atoms with van der Waals surface area (Å²) >= 11 is 0. The average molecular weight is 335 g/mol. The van der Waals surface area contributed by atoms with E-state index in [9.17, 15) is 13.2 Å². The van der Waals surface area contributed by atoms with E-state index in [0.29, 0.717) is 36.6 Å². The van der Waals surface area contributed by atoms with Gasteiger partial charge in [0.15, 0.2) is 5.82 Å². The van der Waals surface area contributed by atoms with Crippen LogP contribution in [0.2, 0.25) is 0 Å². The molecule has 0 unspecified atom stereocenters. The first kappa shape index (κ1) is 15.6. The number of nitrogens with one attached hydrogen (secondary N) is 3. The van der Waals surface area contributed by atoms with Crippen LogP contribution in [0.5, 0.6) is 0 Å². The first-order chi connectivity index (χ1) is 11.0. The zero-order valence-electron chi connectivity index (χ0n) is 12.6. The molecule has 0 bridgehead atoms. The third-order valence-electron chi connectivity index (χ3n) is 3.60. The second-order valence-electron chi connectivity index (χ2n) is 5.31. The first-order valence-electron chi connectivity index (χ1n) is 7.24. The monoisotopic (exact) mass is 335 g/mol. The molecular weight excluding hydrogens is 318 g/mol. The number of benzene rings is 1. The van der Waals surface area contributed by atoms with Gasteiger partial charge in [0, 0.05) is 25.1 Å². The van der Waals surface area contributed by atoms with E-state index in [1.165, 1.54) is 12.1 Å². The number of rotatable bonds is 5. The second-order valence-corrected chi connectivity index (χ2v) is 7.08. The molecule has 0 saturated carbocycles. The van der Waals surface area contributed by atoms with E-state index in [2.05, 4.69) is 25.2 Å². The Morgan fingerprint density at radius 3 is 2.91 bits per heavy atom. The summed E-state index contributed by atoms with van der Waals surface area (Å²) < 4.78 is 27.2. The highest BCUT2D eigenvalue weighted by Gasteiger charge is 2.21. The zero-order chi connectivity index (χ0) is 16.4. The molecule has 1 aliphatic rings. The summed E-state index contributed by atoms with van der Waals surface area (Å²) in [6.45, 7) is 2.54. The van der Waals surface area contributed by atoms with Crippen LogP contribution in [0.15, 0.2) is 23.1 Å². The molecule has 0 atom stereocenters. The van der Waals surface area contributed by atoms with Crippen molar-refractivity contribution >= 4 is 15.9 Å². The summed E-state index contributed by atoms with van der Waals surface area (Å²) in [5.74, 6) is 0.998. The van der Waals surface area contributed by atoms with Gasteiger partial charge in [0.05, 0.1) is 4.90 Å². The van der Waals surface area contributed by atoms with Gasteiger partial charge in [-0.3, -0.25) is 9.89 Å².